The quantitative estimate of drug-likeness (QED) is 0.694. The fourth-order valence-electron chi connectivity index (χ4n) is 3.31. The van der Waals surface area contributed by atoms with E-state index in [-0.39, 0.29) is 0 Å². The van der Waals surface area contributed by atoms with Gasteiger partial charge in [-0.05, 0) is 43.4 Å². The van der Waals surface area contributed by atoms with Crippen LogP contribution in [0.4, 0.5) is 0 Å². The Morgan fingerprint density at radius 3 is 2.67 bits per heavy atom. The SMILES string of the molecule is COc1cccc2cc(CNC(c3ccc(C)cc3)C3CC3)oc12. The van der Waals surface area contributed by atoms with Crippen molar-refractivity contribution in [2.75, 3.05) is 7.11 Å². The molecular formula is C21H23NO2. The van der Waals surface area contributed by atoms with Crippen molar-refractivity contribution in [2.45, 2.75) is 32.4 Å². The van der Waals surface area contributed by atoms with E-state index < -0.39 is 0 Å². The molecule has 0 saturated heterocycles. The lowest BCUT2D eigenvalue weighted by Crippen LogP contribution is -2.22. The summed E-state index contributed by atoms with van der Waals surface area (Å²) in [6.45, 7) is 2.86. The van der Waals surface area contributed by atoms with Crippen LogP contribution in [0.5, 0.6) is 5.75 Å². The smallest absolute Gasteiger partial charge is 0.176 e. The number of aryl methyl sites for hydroxylation is 1. The highest BCUT2D eigenvalue weighted by molar-refractivity contribution is 5.83. The van der Waals surface area contributed by atoms with Gasteiger partial charge in [-0.25, -0.2) is 0 Å². The number of hydrogen-bond acceptors (Lipinski definition) is 3. The van der Waals surface area contributed by atoms with Crippen LogP contribution in [0.25, 0.3) is 11.0 Å². The number of methoxy groups -OCH3 is 1. The van der Waals surface area contributed by atoms with Crippen LogP contribution in [0.15, 0.2) is 52.9 Å². The van der Waals surface area contributed by atoms with Crippen molar-refractivity contribution in [1.29, 1.82) is 0 Å². The van der Waals surface area contributed by atoms with Crippen molar-refractivity contribution in [3.8, 4) is 5.75 Å². The number of hydrogen-bond donors (Lipinski definition) is 1. The van der Waals surface area contributed by atoms with Crippen molar-refractivity contribution in [2.24, 2.45) is 5.92 Å². The number of furan rings is 1. The number of benzene rings is 2. The van der Waals surface area contributed by atoms with E-state index in [9.17, 15) is 0 Å². The van der Waals surface area contributed by atoms with Gasteiger partial charge in [0.05, 0.1) is 13.7 Å². The van der Waals surface area contributed by atoms with Gasteiger partial charge in [-0.15, -0.1) is 0 Å². The zero-order valence-corrected chi connectivity index (χ0v) is 14.2. The average molecular weight is 321 g/mol. The van der Waals surface area contributed by atoms with Crippen LogP contribution < -0.4 is 10.1 Å². The predicted octanol–water partition coefficient (Wildman–Crippen LogP) is 4.99. The summed E-state index contributed by atoms with van der Waals surface area (Å²) in [7, 11) is 1.68. The highest BCUT2D eigenvalue weighted by Crippen LogP contribution is 2.41. The van der Waals surface area contributed by atoms with E-state index in [2.05, 4.69) is 48.6 Å². The van der Waals surface area contributed by atoms with Crippen molar-refractivity contribution in [1.82, 2.24) is 5.32 Å². The van der Waals surface area contributed by atoms with E-state index in [1.165, 1.54) is 24.0 Å². The van der Waals surface area contributed by atoms with Crippen molar-refractivity contribution in [3.05, 3.63) is 65.4 Å². The standard InChI is InChI=1S/C21H23NO2/c1-14-6-8-15(9-7-14)20(16-10-11-16)22-13-18-12-17-4-3-5-19(23-2)21(17)24-18/h3-9,12,16,20,22H,10-11,13H2,1-2H3. The molecule has 1 heterocycles. The molecule has 1 aliphatic rings. The summed E-state index contributed by atoms with van der Waals surface area (Å²) in [6, 6.07) is 17.4. The molecule has 1 unspecified atom stereocenters. The molecule has 1 fully saturated rings. The molecule has 1 aliphatic carbocycles. The zero-order chi connectivity index (χ0) is 16.5. The summed E-state index contributed by atoms with van der Waals surface area (Å²) in [5.74, 6) is 2.48. The number of para-hydroxylation sites is 1. The number of ether oxygens (including phenoxy) is 1. The first-order chi connectivity index (χ1) is 11.7. The predicted molar refractivity (Wildman–Crippen MR) is 96.2 cm³/mol. The lowest BCUT2D eigenvalue weighted by Gasteiger charge is -2.18. The zero-order valence-electron chi connectivity index (χ0n) is 14.2. The van der Waals surface area contributed by atoms with E-state index in [1.54, 1.807) is 7.11 Å². The van der Waals surface area contributed by atoms with Crippen LogP contribution in [-0.4, -0.2) is 7.11 Å². The Labute approximate surface area is 142 Å². The summed E-state index contributed by atoms with van der Waals surface area (Å²) in [6.07, 6.45) is 2.61. The molecule has 1 atom stereocenters. The van der Waals surface area contributed by atoms with Gasteiger partial charge >= 0.3 is 0 Å². The fourth-order valence-corrected chi connectivity index (χ4v) is 3.31. The first-order valence-corrected chi connectivity index (χ1v) is 8.60. The van der Waals surface area contributed by atoms with E-state index in [0.717, 1.165) is 34.9 Å². The molecule has 124 valence electrons. The Morgan fingerprint density at radius 2 is 1.96 bits per heavy atom. The Kier molecular flexibility index (Phi) is 4.03. The summed E-state index contributed by atoms with van der Waals surface area (Å²) in [5.41, 5.74) is 3.50. The Hall–Kier alpha value is -2.26. The topological polar surface area (TPSA) is 34.4 Å². The van der Waals surface area contributed by atoms with Gasteiger partial charge in [0, 0.05) is 11.4 Å². The summed E-state index contributed by atoms with van der Waals surface area (Å²) in [4.78, 5) is 0. The Balaban J connectivity index is 1.53. The maximum atomic E-state index is 6.01. The van der Waals surface area contributed by atoms with Crippen LogP contribution in [0.3, 0.4) is 0 Å². The second-order valence-electron chi connectivity index (χ2n) is 6.70. The summed E-state index contributed by atoms with van der Waals surface area (Å²) < 4.78 is 11.4. The molecule has 0 radical (unpaired) electrons. The minimum atomic E-state index is 0.403. The molecule has 1 saturated carbocycles. The van der Waals surface area contributed by atoms with E-state index in [4.69, 9.17) is 9.15 Å². The molecule has 0 amide bonds. The van der Waals surface area contributed by atoms with Crippen molar-refractivity contribution >= 4 is 11.0 Å². The molecule has 1 N–H and O–H groups in total. The number of rotatable bonds is 6. The third kappa shape index (κ3) is 3.04. The van der Waals surface area contributed by atoms with Crippen LogP contribution in [-0.2, 0) is 6.54 Å². The van der Waals surface area contributed by atoms with Gasteiger partial charge in [-0.3, -0.25) is 0 Å². The largest absolute Gasteiger partial charge is 0.493 e. The maximum Gasteiger partial charge on any atom is 0.176 e. The van der Waals surface area contributed by atoms with Gasteiger partial charge in [0.15, 0.2) is 11.3 Å². The molecule has 3 heteroatoms. The van der Waals surface area contributed by atoms with Gasteiger partial charge in [0.2, 0.25) is 0 Å². The van der Waals surface area contributed by atoms with Gasteiger partial charge in [-0.1, -0.05) is 42.0 Å². The van der Waals surface area contributed by atoms with Crippen molar-refractivity contribution in [3.63, 3.8) is 0 Å². The fraction of sp³-hybridized carbons (Fsp3) is 0.333. The van der Waals surface area contributed by atoms with Gasteiger partial charge in [0.1, 0.15) is 5.76 Å². The van der Waals surface area contributed by atoms with Crippen LogP contribution >= 0.6 is 0 Å². The first-order valence-electron chi connectivity index (χ1n) is 8.60. The average Bonchev–Trinajstić information content (AvgIpc) is 3.34. The third-order valence-electron chi connectivity index (χ3n) is 4.81. The Bertz CT molecular complexity index is 831. The Morgan fingerprint density at radius 1 is 1.17 bits per heavy atom. The molecule has 0 bridgehead atoms. The van der Waals surface area contributed by atoms with Crippen LogP contribution in [0.1, 0.15) is 35.8 Å². The van der Waals surface area contributed by atoms with Gasteiger partial charge < -0.3 is 14.5 Å². The lowest BCUT2D eigenvalue weighted by molar-refractivity contribution is 0.401. The highest BCUT2D eigenvalue weighted by atomic mass is 16.5. The molecule has 4 rings (SSSR count). The molecule has 1 aromatic heterocycles. The molecular weight excluding hydrogens is 298 g/mol. The summed E-state index contributed by atoms with van der Waals surface area (Å²) in [5, 5.41) is 4.79. The molecule has 3 nitrogen and oxygen atoms in total. The molecule has 24 heavy (non-hydrogen) atoms. The number of nitrogens with one attached hydrogen (secondary N) is 1. The highest BCUT2D eigenvalue weighted by Gasteiger charge is 2.32. The van der Waals surface area contributed by atoms with Crippen LogP contribution in [0.2, 0.25) is 0 Å². The lowest BCUT2D eigenvalue weighted by atomic mass is 10.0. The van der Waals surface area contributed by atoms with Gasteiger partial charge in [0.25, 0.3) is 0 Å². The minimum absolute atomic E-state index is 0.403. The van der Waals surface area contributed by atoms with E-state index in [1.807, 2.05) is 12.1 Å². The second-order valence-corrected chi connectivity index (χ2v) is 6.70. The molecule has 3 aromatic rings. The van der Waals surface area contributed by atoms with E-state index in [0.29, 0.717) is 6.04 Å². The number of fused-ring (bicyclic) bond motifs is 1. The maximum absolute atomic E-state index is 6.01. The van der Waals surface area contributed by atoms with E-state index >= 15 is 0 Å². The third-order valence-corrected chi connectivity index (χ3v) is 4.81. The van der Waals surface area contributed by atoms with Crippen molar-refractivity contribution < 1.29 is 9.15 Å². The molecule has 2 aromatic carbocycles. The second kappa shape index (κ2) is 6.33. The first kappa shape index (κ1) is 15.3. The van der Waals surface area contributed by atoms with Crippen LogP contribution in [0, 0.1) is 12.8 Å². The molecule has 0 aliphatic heterocycles. The monoisotopic (exact) mass is 321 g/mol. The van der Waals surface area contributed by atoms with Gasteiger partial charge in [-0.2, -0.15) is 0 Å². The molecule has 0 spiro atoms. The minimum Gasteiger partial charge on any atom is -0.493 e. The summed E-state index contributed by atoms with van der Waals surface area (Å²) >= 11 is 0. The normalized spacial score (nSPS) is 15.6.